The second kappa shape index (κ2) is 9.59. The van der Waals surface area contributed by atoms with E-state index in [-0.39, 0.29) is 32.2 Å². The summed E-state index contributed by atoms with van der Waals surface area (Å²) in [6.45, 7) is 0.722. The summed E-state index contributed by atoms with van der Waals surface area (Å²) < 4.78 is 10.1. The first-order valence-electron chi connectivity index (χ1n) is 7.70. The lowest BCUT2D eigenvalue weighted by molar-refractivity contribution is -0.385. The summed E-state index contributed by atoms with van der Waals surface area (Å²) >= 11 is 17.7. The summed E-state index contributed by atoms with van der Waals surface area (Å²) in [4.78, 5) is 34.3. The van der Waals surface area contributed by atoms with Crippen molar-refractivity contribution in [3.63, 3.8) is 0 Å². The Labute approximate surface area is 174 Å². The predicted octanol–water partition coefficient (Wildman–Crippen LogP) is 4.50. The molecule has 28 heavy (non-hydrogen) atoms. The van der Waals surface area contributed by atoms with Gasteiger partial charge in [0.05, 0.1) is 25.7 Å². The average molecular weight is 448 g/mol. The number of hydrogen-bond donors (Lipinski definition) is 1. The van der Waals surface area contributed by atoms with Crippen LogP contribution in [0.25, 0.3) is 0 Å². The molecule has 1 atom stereocenters. The number of amides is 1. The van der Waals surface area contributed by atoms with Crippen LogP contribution in [0.1, 0.15) is 6.92 Å². The fraction of sp³-hybridized carbons (Fsp3) is 0.176. The highest BCUT2D eigenvalue weighted by molar-refractivity contribution is 6.44. The summed E-state index contributed by atoms with van der Waals surface area (Å²) in [6.07, 6.45) is -1.19. The third kappa shape index (κ3) is 5.72. The summed E-state index contributed by atoms with van der Waals surface area (Å²) in [5.41, 5.74) is -0.101. The Hall–Kier alpha value is -2.55. The molecule has 0 radical (unpaired) electrons. The number of nitrogens with one attached hydrogen (secondary N) is 1. The van der Waals surface area contributed by atoms with Crippen LogP contribution in [0.15, 0.2) is 36.4 Å². The lowest BCUT2D eigenvalue weighted by Gasteiger charge is -2.15. The van der Waals surface area contributed by atoms with Crippen LogP contribution in [-0.2, 0) is 14.3 Å². The molecule has 1 unspecified atom stereocenters. The molecule has 1 N–H and O–H groups in total. The number of anilines is 1. The van der Waals surface area contributed by atoms with Gasteiger partial charge in [0.1, 0.15) is 0 Å². The van der Waals surface area contributed by atoms with Gasteiger partial charge in [-0.05, 0) is 25.1 Å². The molecule has 0 saturated carbocycles. The van der Waals surface area contributed by atoms with E-state index in [2.05, 4.69) is 5.32 Å². The zero-order chi connectivity index (χ0) is 20.8. The highest BCUT2D eigenvalue weighted by atomic mass is 35.5. The fourth-order valence-electron chi connectivity index (χ4n) is 2.00. The van der Waals surface area contributed by atoms with Crippen molar-refractivity contribution in [2.75, 3.05) is 11.9 Å². The van der Waals surface area contributed by atoms with Crippen LogP contribution in [0.4, 0.5) is 11.4 Å². The molecule has 2 aromatic carbocycles. The number of carbonyl (C=O) groups is 2. The van der Waals surface area contributed by atoms with E-state index < -0.39 is 29.5 Å². The molecular formula is C17H13Cl3N2O6. The van der Waals surface area contributed by atoms with Crippen LogP contribution >= 0.6 is 34.8 Å². The molecule has 1 amide bonds. The Morgan fingerprint density at radius 3 is 2.46 bits per heavy atom. The number of carbonyl (C=O) groups excluding carboxylic acids is 2. The molecule has 148 valence electrons. The molecule has 0 bridgehead atoms. The number of rotatable bonds is 7. The van der Waals surface area contributed by atoms with Crippen LogP contribution in [0.2, 0.25) is 15.1 Å². The van der Waals surface area contributed by atoms with Gasteiger partial charge in [-0.2, -0.15) is 0 Å². The largest absolute Gasteiger partial charge is 0.475 e. The van der Waals surface area contributed by atoms with Crippen LogP contribution < -0.4 is 10.1 Å². The Morgan fingerprint density at radius 1 is 1.14 bits per heavy atom. The molecule has 2 rings (SSSR count). The van der Waals surface area contributed by atoms with Crippen molar-refractivity contribution in [1.29, 1.82) is 0 Å². The maximum atomic E-state index is 12.2. The molecule has 0 aliphatic carbocycles. The molecular weight excluding hydrogens is 435 g/mol. The third-order valence-corrected chi connectivity index (χ3v) is 4.39. The fourth-order valence-corrected chi connectivity index (χ4v) is 2.60. The van der Waals surface area contributed by atoms with Gasteiger partial charge in [0.25, 0.3) is 5.91 Å². The van der Waals surface area contributed by atoms with Crippen LogP contribution in [0.5, 0.6) is 5.75 Å². The zero-order valence-electron chi connectivity index (χ0n) is 14.3. The van der Waals surface area contributed by atoms with E-state index in [1.165, 1.54) is 43.3 Å². The van der Waals surface area contributed by atoms with E-state index in [4.69, 9.17) is 44.3 Å². The summed E-state index contributed by atoms with van der Waals surface area (Å²) in [5, 5.41) is 13.9. The van der Waals surface area contributed by atoms with Crippen molar-refractivity contribution in [2.45, 2.75) is 13.0 Å². The summed E-state index contributed by atoms with van der Waals surface area (Å²) in [6, 6.07) is 8.27. The van der Waals surface area contributed by atoms with Crippen molar-refractivity contribution in [3.05, 3.63) is 61.6 Å². The number of nitro groups is 1. The molecule has 0 aliphatic rings. The van der Waals surface area contributed by atoms with Gasteiger partial charge in [0, 0.05) is 6.07 Å². The number of esters is 1. The smallest absolute Gasteiger partial charge is 0.344 e. The minimum Gasteiger partial charge on any atom is -0.475 e. The van der Waals surface area contributed by atoms with Crippen LogP contribution in [0.3, 0.4) is 0 Å². The second-order valence-electron chi connectivity index (χ2n) is 5.38. The number of nitro benzene ring substituents is 1. The number of para-hydroxylation sites is 2. The highest BCUT2D eigenvalue weighted by Crippen LogP contribution is 2.32. The van der Waals surface area contributed by atoms with E-state index in [9.17, 15) is 19.7 Å². The van der Waals surface area contributed by atoms with Crippen molar-refractivity contribution >= 4 is 58.1 Å². The number of halogens is 3. The van der Waals surface area contributed by atoms with E-state index in [0.29, 0.717) is 0 Å². The molecule has 0 aliphatic heterocycles. The first kappa shape index (κ1) is 21.7. The minimum absolute atomic E-state index is 0.0934. The van der Waals surface area contributed by atoms with Gasteiger partial charge in [-0.3, -0.25) is 14.9 Å². The molecule has 2 aromatic rings. The summed E-state index contributed by atoms with van der Waals surface area (Å²) in [5.74, 6) is -1.65. The van der Waals surface area contributed by atoms with E-state index in [0.717, 1.165) is 0 Å². The van der Waals surface area contributed by atoms with Gasteiger partial charge in [0.2, 0.25) is 0 Å². The molecule has 8 nitrogen and oxygen atoms in total. The van der Waals surface area contributed by atoms with Gasteiger partial charge in [0.15, 0.2) is 18.5 Å². The Kier molecular flexibility index (Phi) is 7.45. The highest BCUT2D eigenvalue weighted by Gasteiger charge is 2.21. The monoisotopic (exact) mass is 446 g/mol. The Bertz CT molecular complexity index is 922. The standard InChI is InChI=1S/C17H13Cl3N2O6/c1-9(17(24)21-13-7-11(19)10(18)6-12(13)20)28-16(23)8-27-15-5-3-2-4-14(15)22(25)26/h2-7,9H,8H2,1H3,(H,21,24). The van der Waals surface area contributed by atoms with E-state index in [1.54, 1.807) is 0 Å². The molecule has 0 heterocycles. The molecule has 0 spiro atoms. The van der Waals surface area contributed by atoms with Gasteiger partial charge in [-0.25, -0.2) is 4.79 Å². The maximum absolute atomic E-state index is 12.2. The topological polar surface area (TPSA) is 108 Å². The number of hydrogen-bond acceptors (Lipinski definition) is 6. The van der Waals surface area contributed by atoms with Crippen molar-refractivity contribution in [3.8, 4) is 5.75 Å². The van der Waals surface area contributed by atoms with E-state index in [1.807, 2.05) is 0 Å². The van der Waals surface area contributed by atoms with Gasteiger partial charge >= 0.3 is 11.7 Å². The normalized spacial score (nSPS) is 11.4. The SMILES string of the molecule is CC(OC(=O)COc1ccccc1[N+](=O)[O-])C(=O)Nc1cc(Cl)c(Cl)cc1Cl. The summed E-state index contributed by atoms with van der Waals surface area (Å²) in [7, 11) is 0. The maximum Gasteiger partial charge on any atom is 0.344 e. The molecule has 0 aromatic heterocycles. The lowest BCUT2D eigenvalue weighted by atomic mass is 10.3. The van der Waals surface area contributed by atoms with Crippen molar-refractivity contribution in [2.24, 2.45) is 0 Å². The van der Waals surface area contributed by atoms with Crippen LogP contribution in [0, 0.1) is 10.1 Å². The molecule has 11 heteroatoms. The van der Waals surface area contributed by atoms with Gasteiger partial charge < -0.3 is 14.8 Å². The molecule has 0 fully saturated rings. The second-order valence-corrected chi connectivity index (χ2v) is 6.60. The van der Waals surface area contributed by atoms with Crippen molar-refractivity contribution < 1.29 is 24.0 Å². The predicted molar refractivity (Wildman–Crippen MR) is 104 cm³/mol. The quantitative estimate of drug-likeness (QED) is 0.290. The number of ether oxygens (including phenoxy) is 2. The first-order chi connectivity index (χ1) is 13.2. The number of benzene rings is 2. The minimum atomic E-state index is -1.19. The van der Waals surface area contributed by atoms with E-state index >= 15 is 0 Å². The van der Waals surface area contributed by atoms with Gasteiger partial charge in [-0.1, -0.05) is 46.9 Å². The van der Waals surface area contributed by atoms with Gasteiger partial charge in [-0.15, -0.1) is 0 Å². The Morgan fingerprint density at radius 2 is 1.79 bits per heavy atom. The van der Waals surface area contributed by atoms with Crippen molar-refractivity contribution in [1.82, 2.24) is 0 Å². The first-order valence-corrected chi connectivity index (χ1v) is 8.83. The lowest BCUT2D eigenvalue weighted by Crippen LogP contribution is -2.31. The molecule has 0 saturated heterocycles. The third-order valence-electron chi connectivity index (χ3n) is 3.35. The average Bonchev–Trinajstić information content (AvgIpc) is 2.64. The number of nitrogens with zero attached hydrogens (tertiary/aromatic N) is 1. The Balaban J connectivity index is 1.93. The zero-order valence-corrected chi connectivity index (χ0v) is 16.5. The van der Waals surface area contributed by atoms with Crippen LogP contribution in [-0.4, -0.2) is 29.5 Å².